The first kappa shape index (κ1) is 10.2. The topological polar surface area (TPSA) is 50.2 Å². The van der Waals surface area contributed by atoms with Crippen molar-refractivity contribution < 1.29 is 9.90 Å². The number of hydrogen-bond acceptors (Lipinski definition) is 4. The van der Waals surface area contributed by atoms with E-state index in [0.717, 1.165) is 23.5 Å². The number of thioether (sulfide) groups is 1. The summed E-state index contributed by atoms with van der Waals surface area (Å²) in [6.45, 7) is 0.208. The molecule has 1 N–H and O–H groups in total. The van der Waals surface area contributed by atoms with Gasteiger partial charge in [0, 0.05) is 24.1 Å². The van der Waals surface area contributed by atoms with Crippen LogP contribution < -0.4 is 0 Å². The second-order valence-electron chi connectivity index (χ2n) is 2.47. The number of pyridine rings is 1. The fourth-order valence-electron chi connectivity index (χ4n) is 0.788. The van der Waals surface area contributed by atoms with Crippen molar-refractivity contribution in [3.63, 3.8) is 0 Å². The highest BCUT2D eigenvalue weighted by Crippen LogP contribution is 2.15. The van der Waals surface area contributed by atoms with Crippen molar-refractivity contribution in [2.45, 2.75) is 11.4 Å². The van der Waals surface area contributed by atoms with Crippen LogP contribution >= 0.6 is 11.8 Å². The monoisotopic (exact) mass is 197 g/mol. The second kappa shape index (κ2) is 5.72. The predicted octanol–water partition coefficient (Wildman–Crippen LogP) is 1.37. The molecule has 70 valence electrons. The lowest BCUT2D eigenvalue weighted by molar-refractivity contribution is 0.112. The number of rotatable bonds is 5. The fourth-order valence-corrected chi connectivity index (χ4v) is 1.56. The molecule has 1 heterocycles. The molecule has 3 nitrogen and oxygen atoms in total. The van der Waals surface area contributed by atoms with E-state index in [2.05, 4.69) is 4.98 Å². The first-order chi connectivity index (χ1) is 6.36. The molecule has 0 aliphatic carbocycles. The van der Waals surface area contributed by atoms with Gasteiger partial charge in [-0.25, -0.2) is 4.98 Å². The van der Waals surface area contributed by atoms with Crippen LogP contribution in [0.4, 0.5) is 0 Å². The SMILES string of the molecule is O=Cc1ccc(SCCCO)nc1. The number of aliphatic hydroxyl groups is 1. The molecule has 1 aromatic rings. The molecule has 13 heavy (non-hydrogen) atoms. The molecule has 0 aliphatic rings. The molecule has 0 radical (unpaired) electrons. The number of carbonyl (C=O) groups excluding carboxylic acids is 1. The molecular formula is C9H11NO2S. The molecule has 0 spiro atoms. The van der Waals surface area contributed by atoms with Crippen LogP contribution in [0.2, 0.25) is 0 Å². The molecule has 0 aromatic carbocycles. The van der Waals surface area contributed by atoms with Gasteiger partial charge < -0.3 is 5.11 Å². The van der Waals surface area contributed by atoms with E-state index in [0.29, 0.717) is 5.56 Å². The Bertz CT molecular complexity index is 261. The molecule has 1 aromatic heterocycles. The summed E-state index contributed by atoms with van der Waals surface area (Å²) >= 11 is 1.58. The van der Waals surface area contributed by atoms with Gasteiger partial charge in [-0.1, -0.05) is 0 Å². The summed E-state index contributed by atoms with van der Waals surface area (Å²) < 4.78 is 0. The Balaban J connectivity index is 2.44. The van der Waals surface area contributed by atoms with Gasteiger partial charge in [0.1, 0.15) is 0 Å². The minimum absolute atomic E-state index is 0.208. The Morgan fingerprint density at radius 2 is 2.38 bits per heavy atom. The van der Waals surface area contributed by atoms with E-state index in [1.807, 2.05) is 6.07 Å². The predicted molar refractivity (Wildman–Crippen MR) is 52.1 cm³/mol. The first-order valence-electron chi connectivity index (χ1n) is 4.01. The smallest absolute Gasteiger partial charge is 0.151 e. The second-order valence-corrected chi connectivity index (χ2v) is 3.59. The average Bonchev–Trinajstić information content (AvgIpc) is 2.19. The largest absolute Gasteiger partial charge is 0.396 e. The van der Waals surface area contributed by atoms with E-state index < -0.39 is 0 Å². The summed E-state index contributed by atoms with van der Waals surface area (Å²) in [5.74, 6) is 0.851. The number of aliphatic hydroxyl groups excluding tert-OH is 1. The molecule has 0 aliphatic heterocycles. The quantitative estimate of drug-likeness (QED) is 0.440. The van der Waals surface area contributed by atoms with E-state index >= 15 is 0 Å². The van der Waals surface area contributed by atoms with E-state index in [4.69, 9.17) is 5.11 Å². The van der Waals surface area contributed by atoms with Gasteiger partial charge in [-0.05, 0) is 18.6 Å². The minimum Gasteiger partial charge on any atom is -0.396 e. The number of aromatic nitrogens is 1. The Kier molecular flexibility index (Phi) is 4.49. The zero-order valence-corrected chi connectivity index (χ0v) is 7.96. The van der Waals surface area contributed by atoms with E-state index in [1.54, 1.807) is 24.0 Å². The first-order valence-corrected chi connectivity index (χ1v) is 5.00. The Morgan fingerprint density at radius 3 is 2.92 bits per heavy atom. The van der Waals surface area contributed by atoms with Gasteiger partial charge in [0.05, 0.1) is 5.03 Å². The van der Waals surface area contributed by atoms with E-state index in [9.17, 15) is 4.79 Å². The highest BCUT2D eigenvalue weighted by molar-refractivity contribution is 7.99. The maximum absolute atomic E-state index is 10.3. The number of carbonyl (C=O) groups is 1. The molecule has 0 saturated carbocycles. The minimum atomic E-state index is 0.208. The zero-order valence-electron chi connectivity index (χ0n) is 7.14. The summed E-state index contributed by atoms with van der Waals surface area (Å²) in [5, 5.41) is 9.43. The van der Waals surface area contributed by atoms with Gasteiger partial charge in [-0.2, -0.15) is 0 Å². The third-order valence-electron chi connectivity index (χ3n) is 1.45. The molecule has 0 fully saturated rings. The lowest BCUT2D eigenvalue weighted by atomic mass is 10.3. The molecule has 4 heteroatoms. The zero-order chi connectivity index (χ0) is 9.52. The molecule has 0 amide bonds. The van der Waals surface area contributed by atoms with Crippen molar-refractivity contribution in [3.8, 4) is 0 Å². The van der Waals surface area contributed by atoms with Gasteiger partial charge in [-0.15, -0.1) is 11.8 Å². The van der Waals surface area contributed by atoms with Crippen LogP contribution in [-0.2, 0) is 0 Å². The number of aldehydes is 1. The molecule has 0 unspecified atom stereocenters. The van der Waals surface area contributed by atoms with Crippen molar-refractivity contribution in [1.29, 1.82) is 0 Å². The van der Waals surface area contributed by atoms with Crippen LogP contribution in [0, 0.1) is 0 Å². The van der Waals surface area contributed by atoms with Crippen molar-refractivity contribution >= 4 is 18.0 Å². The fraction of sp³-hybridized carbons (Fsp3) is 0.333. The molecule has 0 bridgehead atoms. The van der Waals surface area contributed by atoms with Crippen LogP contribution in [0.1, 0.15) is 16.8 Å². The average molecular weight is 197 g/mol. The van der Waals surface area contributed by atoms with Crippen molar-refractivity contribution in [1.82, 2.24) is 4.98 Å². The summed E-state index contributed by atoms with van der Waals surface area (Å²) in [6.07, 6.45) is 3.09. The van der Waals surface area contributed by atoms with Gasteiger partial charge in [0.2, 0.25) is 0 Å². The Hall–Kier alpha value is -0.870. The third kappa shape index (κ3) is 3.57. The van der Waals surface area contributed by atoms with Crippen molar-refractivity contribution in [3.05, 3.63) is 23.9 Å². The van der Waals surface area contributed by atoms with Gasteiger partial charge in [-0.3, -0.25) is 4.79 Å². The standard InChI is InChI=1S/C9H11NO2S/c11-4-1-5-13-9-3-2-8(7-12)6-10-9/h2-3,6-7,11H,1,4-5H2. The van der Waals surface area contributed by atoms with Crippen molar-refractivity contribution in [2.24, 2.45) is 0 Å². The van der Waals surface area contributed by atoms with Crippen LogP contribution in [0.3, 0.4) is 0 Å². The maximum atomic E-state index is 10.3. The van der Waals surface area contributed by atoms with E-state index in [-0.39, 0.29) is 6.61 Å². The van der Waals surface area contributed by atoms with Gasteiger partial charge in [0.15, 0.2) is 6.29 Å². The Labute approximate surface area is 81.2 Å². The van der Waals surface area contributed by atoms with Crippen molar-refractivity contribution in [2.75, 3.05) is 12.4 Å². The van der Waals surface area contributed by atoms with Gasteiger partial charge in [0.25, 0.3) is 0 Å². The van der Waals surface area contributed by atoms with Crippen LogP contribution in [0.5, 0.6) is 0 Å². The molecule has 0 atom stereocenters. The summed E-state index contributed by atoms with van der Waals surface area (Å²) in [6, 6.07) is 3.55. The van der Waals surface area contributed by atoms with Gasteiger partial charge >= 0.3 is 0 Å². The summed E-state index contributed by atoms with van der Waals surface area (Å²) in [4.78, 5) is 14.4. The normalized spacial score (nSPS) is 9.92. The number of nitrogens with zero attached hydrogens (tertiary/aromatic N) is 1. The Morgan fingerprint density at radius 1 is 1.54 bits per heavy atom. The number of hydrogen-bond donors (Lipinski definition) is 1. The summed E-state index contributed by atoms with van der Waals surface area (Å²) in [7, 11) is 0. The molecule has 1 rings (SSSR count). The summed E-state index contributed by atoms with van der Waals surface area (Å²) in [5.41, 5.74) is 0.589. The third-order valence-corrected chi connectivity index (χ3v) is 2.48. The molecule has 0 saturated heterocycles. The molecular weight excluding hydrogens is 186 g/mol. The lowest BCUT2D eigenvalue weighted by Crippen LogP contribution is -1.88. The highest BCUT2D eigenvalue weighted by atomic mass is 32.2. The lowest BCUT2D eigenvalue weighted by Gasteiger charge is -1.98. The van der Waals surface area contributed by atoms with E-state index in [1.165, 1.54) is 0 Å². The van der Waals surface area contributed by atoms with Crippen LogP contribution in [0.25, 0.3) is 0 Å². The van der Waals surface area contributed by atoms with Crippen LogP contribution in [-0.4, -0.2) is 28.7 Å². The maximum Gasteiger partial charge on any atom is 0.151 e. The van der Waals surface area contributed by atoms with Crippen LogP contribution in [0.15, 0.2) is 23.4 Å². The highest BCUT2D eigenvalue weighted by Gasteiger charge is 1.95.